The van der Waals surface area contributed by atoms with Crippen LogP contribution in [0.15, 0.2) is 24.5 Å². The van der Waals surface area contributed by atoms with Gasteiger partial charge in [0.05, 0.1) is 15.7 Å². The summed E-state index contributed by atoms with van der Waals surface area (Å²) in [4.78, 5) is 16.1. The summed E-state index contributed by atoms with van der Waals surface area (Å²) in [7, 11) is 0. The van der Waals surface area contributed by atoms with Crippen LogP contribution in [0.1, 0.15) is 22.6 Å². The fourth-order valence-corrected chi connectivity index (χ4v) is 2.40. The minimum atomic E-state index is -0.221. The molecule has 0 bridgehead atoms. The van der Waals surface area contributed by atoms with Crippen molar-refractivity contribution < 1.29 is 4.79 Å². The lowest BCUT2D eigenvalue weighted by molar-refractivity contribution is 0.0953. The Bertz CT molecular complexity index is 631. The Hall–Kier alpha value is -1.72. The van der Waals surface area contributed by atoms with Crippen LogP contribution in [0.3, 0.4) is 0 Å². The Labute approximate surface area is 133 Å². The number of nitrogens with one attached hydrogen (secondary N) is 1. The maximum atomic E-state index is 12.0. The Morgan fingerprint density at radius 2 is 2.05 bits per heavy atom. The molecule has 1 heterocycles. The smallest absolute Gasteiger partial charge is 0.251 e. The topological polar surface area (TPSA) is 72.9 Å². The average Bonchev–Trinajstić information content (AvgIpc) is 2.85. The van der Waals surface area contributed by atoms with Gasteiger partial charge in [-0.3, -0.25) is 4.79 Å². The van der Waals surface area contributed by atoms with Crippen molar-refractivity contribution in [1.82, 2.24) is 14.9 Å². The van der Waals surface area contributed by atoms with Crippen molar-refractivity contribution >= 4 is 34.8 Å². The van der Waals surface area contributed by atoms with Gasteiger partial charge in [-0.1, -0.05) is 23.2 Å². The molecule has 0 aliphatic carbocycles. The molecular weight excluding hydrogens is 311 g/mol. The predicted molar refractivity (Wildman–Crippen MR) is 84.8 cm³/mol. The number of nitrogens with two attached hydrogens (primary N) is 1. The summed E-state index contributed by atoms with van der Waals surface area (Å²) in [6.45, 7) is 3.29. The predicted octanol–water partition coefficient (Wildman–Crippen LogP) is 2.90. The number of hydrogen-bond donors (Lipinski definition) is 2. The third kappa shape index (κ3) is 3.89. The van der Waals surface area contributed by atoms with Gasteiger partial charge in [0.25, 0.3) is 5.91 Å². The molecule has 1 aromatic carbocycles. The van der Waals surface area contributed by atoms with Gasteiger partial charge in [0.1, 0.15) is 5.82 Å². The van der Waals surface area contributed by atoms with Gasteiger partial charge < -0.3 is 15.6 Å². The normalized spacial score (nSPS) is 10.6. The number of halogens is 2. The van der Waals surface area contributed by atoms with Crippen LogP contribution in [0, 0.1) is 6.92 Å². The van der Waals surface area contributed by atoms with Crippen molar-refractivity contribution in [1.29, 1.82) is 0 Å². The molecule has 0 saturated heterocycles. The monoisotopic (exact) mass is 326 g/mol. The van der Waals surface area contributed by atoms with E-state index in [9.17, 15) is 4.79 Å². The summed E-state index contributed by atoms with van der Waals surface area (Å²) in [6, 6.07) is 3.02. The van der Waals surface area contributed by atoms with Crippen LogP contribution >= 0.6 is 23.2 Å². The number of anilines is 1. The number of amides is 1. The van der Waals surface area contributed by atoms with Crippen LogP contribution in [0.25, 0.3) is 0 Å². The highest BCUT2D eigenvalue weighted by Gasteiger charge is 2.10. The molecule has 0 unspecified atom stereocenters. The number of carbonyl (C=O) groups is 1. The summed E-state index contributed by atoms with van der Waals surface area (Å²) in [5.74, 6) is 0.736. The Morgan fingerprint density at radius 3 is 2.62 bits per heavy atom. The Morgan fingerprint density at radius 1 is 1.38 bits per heavy atom. The highest BCUT2D eigenvalue weighted by molar-refractivity contribution is 6.39. The molecule has 21 heavy (non-hydrogen) atoms. The van der Waals surface area contributed by atoms with E-state index in [0.717, 1.165) is 18.8 Å². The molecule has 0 radical (unpaired) electrons. The zero-order valence-corrected chi connectivity index (χ0v) is 13.1. The van der Waals surface area contributed by atoms with Crippen LogP contribution in [0.5, 0.6) is 0 Å². The molecule has 1 aromatic heterocycles. The number of hydrogen-bond acceptors (Lipinski definition) is 3. The van der Waals surface area contributed by atoms with Crippen molar-refractivity contribution in [3.8, 4) is 0 Å². The molecule has 2 aromatic rings. The summed E-state index contributed by atoms with van der Waals surface area (Å²) >= 11 is 11.8. The minimum Gasteiger partial charge on any atom is -0.396 e. The van der Waals surface area contributed by atoms with Gasteiger partial charge in [-0.15, -0.1) is 0 Å². The first-order valence-corrected chi connectivity index (χ1v) is 7.25. The first-order chi connectivity index (χ1) is 9.99. The molecule has 7 heteroatoms. The van der Waals surface area contributed by atoms with E-state index in [4.69, 9.17) is 28.9 Å². The Kier molecular flexibility index (Phi) is 5.09. The maximum absolute atomic E-state index is 12.0. The Balaban J connectivity index is 1.86. The second-order valence-corrected chi connectivity index (χ2v) is 5.45. The summed E-state index contributed by atoms with van der Waals surface area (Å²) in [5, 5.41) is 3.38. The fraction of sp³-hybridized carbons (Fsp3) is 0.286. The number of nitrogens with zero attached hydrogens (tertiary/aromatic N) is 2. The molecule has 3 N–H and O–H groups in total. The minimum absolute atomic E-state index is 0.221. The van der Waals surface area contributed by atoms with E-state index < -0.39 is 0 Å². The van der Waals surface area contributed by atoms with E-state index in [1.54, 1.807) is 6.20 Å². The SMILES string of the molecule is Cc1nccn1CCCNC(=O)c1cc(Cl)c(N)c(Cl)c1. The third-order valence-electron chi connectivity index (χ3n) is 3.13. The van der Waals surface area contributed by atoms with E-state index in [1.165, 1.54) is 12.1 Å². The first-order valence-electron chi connectivity index (χ1n) is 6.49. The molecule has 0 saturated carbocycles. The van der Waals surface area contributed by atoms with Gasteiger partial charge in [0.15, 0.2) is 0 Å². The highest BCUT2D eigenvalue weighted by atomic mass is 35.5. The number of aromatic nitrogens is 2. The van der Waals surface area contributed by atoms with Crippen molar-refractivity contribution in [2.24, 2.45) is 0 Å². The van der Waals surface area contributed by atoms with Gasteiger partial charge in [-0.25, -0.2) is 4.98 Å². The molecule has 112 valence electrons. The van der Waals surface area contributed by atoms with Crippen molar-refractivity contribution in [2.45, 2.75) is 19.9 Å². The number of carbonyl (C=O) groups excluding carboxylic acids is 1. The van der Waals surface area contributed by atoms with Crippen LogP contribution < -0.4 is 11.1 Å². The molecule has 2 rings (SSSR count). The molecule has 0 aliphatic heterocycles. The fourth-order valence-electron chi connectivity index (χ4n) is 1.91. The number of imidazole rings is 1. The standard InChI is InChI=1S/C14H16Cl2N4O/c1-9-18-4-6-20(9)5-2-3-19-14(21)10-7-11(15)13(17)12(16)8-10/h4,6-8H,2-3,5,17H2,1H3,(H,19,21). The number of aryl methyl sites for hydroxylation is 2. The lowest BCUT2D eigenvalue weighted by Crippen LogP contribution is -2.25. The third-order valence-corrected chi connectivity index (χ3v) is 3.75. The molecule has 5 nitrogen and oxygen atoms in total. The summed E-state index contributed by atoms with van der Waals surface area (Å²) < 4.78 is 2.03. The van der Waals surface area contributed by atoms with E-state index >= 15 is 0 Å². The van der Waals surface area contributed by atoms with E-state index in [0.29, 0.717) is 12.1 Å². The largest absolute Gasteiger partial charge is 0.396 e. The van der Waals surface area contributed by atoms with Crippen LogP contribution in [-0.2, 0) is 6.54 Å². The zero-order chi connectivity index (χ0) is 15.4. The van der Waals surface area contributed by atoms with E-state index in [2.05, 4.69) is 10.3 Å². The highest BCUT2D eigenvalue weighted by Crippen LogP contribution is 2.28. The second-order valence-electron chi connectivity index (χ2n) is 4.63. The van der Waals surface area contributed by atoms with E-state index in [-0.39, 0.29) is 21.6 Å². The van der Waals surface area contributed by atoms with Crippen molar-refractivity contribution in [2.75, 3.05) is 12.3 Å². The first kappa shape index (κ1) is 15.7. The average molecular weight is 327 g/mol. The van der Waals surface area contributed by atoms with Gasteiger partial charge in [-0.05, 0) is 25.5 Å². The molecule has 0 atom stereocenters. The number of rotatable bonds is 5. The van der Waals surface area contributed by atoms with Gasteiger partial charge in [-0.2, -0.15) is 0 Å². The molecule has 1 amide bonds. The quantitative estimate of drug-likeness (QED) is 0.655. The summed E-state index contributed by atoms with van der Waals surface area (Å²) in [5.41, 5.74) is 6.32. The lowest BCUT2D eigenvalue weighted by Gasteiger charge is -2.09. The van der Waals surface area contributed by atoms with Crippen LogP contribution in [0.2, 0.25) is 10.0 Å². The number of benzene rings is 1. The van der Waals surface area contributed by atoms with Crippen LogP contribution in [0.4, 0.5) is 5.69 Å². The van der Waals surface area contributed by atoms with Gasteiger partial charge in [0.2, 0.25) is 0 Å². The molecule has 0 spiro atoms. The maximum Gasteiger partial charge on any atom is 0.251 e. The van der Waals surface area contributed by atoms with Crippen molar-refractivity contribution in [3.05, 3.63) is 46.0 Å². The molecular formula is C14H16Cl2N4O. The number of nitrogen functional groups attached to an aromatic ring is 1. The second kappa shape index (κ2) is 6.83. The molecule has 0 fully saturated rings. The van der Waals surface area contributed by atoms with Crippen LogP contribution in [-0.4, -0.2) is 22.0 Å². The van der Waals surface area contributed by atoms with E-state index in [1.807, 2.05) is 17.7 Å². The van der Waals surface area contributed by atoms with Crippen molar-refractivity contribution in [3.63, 3.8) is 0 Å². The van der Waals surface area contributed by atoms with Gasteiger partial charge in [0, 0.05) is 31.0 Å². The lowest BCUT2D eigenvalue weighted by atomic mass is 10.2. The summed E-state index contributed by atoms with van der Waals surface area (Å²) in [6.07, 6.45) is 4.47. The van der Waals surface area contributed by atoms with Gasteiger partial charge >= 0.3 is 0 Å². The molecule has 0 aliphatic rings. The zero-order valence-electron chi connectivity index (χ0n) is 11.6.